The fraction of sp³-hybridized carbons (Fsp3) is 0.636. The highest BCUT2D eigenvalue weighted by molar-refractivity contribution is 7.91. The molecule has 5 nitrogen and oxygen atoms in total. The summed E-state index contributed by atoms with van der Waals surface area (Å²) in [6.45, 7) is 4.03. The lowest BCUT2D eigenvalue weighted by molar-refractivity contribution is -0.0228. The van der Waals surface area contributed by atoms with Crippen molar-refractivity contribution in [1.29, 1.82) is 0 Å². The Kier molecular flexibility index (Phi) is 3.80. The van der Waals surface area contributed by atoms with Crippen LogP contribution in [0.5, 0.6) is 0 Å². The summed E-state index contributed by atoms with van der Waals surface area (Å²) in [4.78, 5) is 0.937. The van der Waals surface area contributed by atoms with Crippen LogP contribution < -0.4 is 4.72 Å². The van der Waals surface area contributed by atoms with E-state index in [1.807, 2.05) is 6.92 Å². The lowest BCUT2D eigenvalue weighted by atomic mass is 9.97. The summed E-state index contributed by atoms with van der Waals surface area (Å²) in [5.41, 5.74) is -1.11. The Hall–Kier alpha value is -0.470. The predicted molar refractivity (Wildman–Crippen MR) is 69.2 cm³/mol. The van der Waals surface area contributed by atoms with Gasteiger partial charge in [-0.05, 0) is 26.0 Å². The molecule has 2 unspecified atom stereocenters. The Balaban J connectivity index is 2.06. The van der Waals surface area contributed by atoms with E-state index < -0.39 is 15.6 Å². The highest BCUT2D eigenvalue weighted by atomic mass is 32.2. The lowest BCUT2D eigenvalue weighted by Crippen LogP contribution is -2.47. The molecule has 1 aliphatic rings. The number of sulfonamides is 1. The highest BCUT2D eigenvalue weighted by Crippen LogP contribution is 2.26. The molecule has 102 valence electrons. The van der Waals surface area contributed by atoms with Gasteiger partial charge in [-0.1, -0.05) is 0 Å². The molecule has 0 radical (unpaired) electrons. The van der Waals surface area contributed by atoms with Crippen LogP contribution in [-0.2, 0) is 14.8 Å². The zero-order valence-electron chi connectivity index (χ0n) is 10.3. The van der Waals surface area contributed by atoms with Gasteiger partial charge in [0.05, 0.1) is 6.10 Å². The van der Waals surface area contributed by atoms with Crippen LogP contribution >= 0.6 is 11.3 Å². The Morgan fingerprint density at radius 2 is 2.33 bits per heavy atom. The average Bonchev–Trinajstić information content (AvgIpc) is 2.86. The van der Waals surface area contributed by atoms with Crippen LogP contribution in [0.25, 0.3) is 0 Å². The van der Waals surface area contributed by atoms with Gasteiger partial charge < -0.3 is 9.84 Å². The molecule has 0 amide bonds. The number of ether oxygens (including phenoxy) is 1. The quantitative estimate of drug-likeness (QED) is 0.863. The van der Waals surface area contributed by atoms with E-state index >= 15 is 0 Å². The van der Waals surface area contributed by atoms with Crippen molar-refractivity contribution >= 4 is 21.4 Å². The molecule has 2 atom stereocenters. The summed E-state index contributed by atoms with van der Waals surface area (Å²) in [5, 5.41) is 10.2. The maximum absolute atomic E-state index is 12.0. The minimum absolute atomic E-state index is 0.0204. The SMILES string of the molecule is Cc1ccc(S(=O)(=O)NCC2(O)CCOC2C)s1. The molecule has 2 N–H and O–H groups in total. The number of rotatable bonds is 4. The van der Waals surface area contributed by atoms with E-state index in [9.17, 15) is 13.5 Å². The molecule has 0 aliphatic carbocycles. The van der Waals surface area contributed by atoms with Crippen LogP contribution in [0.1, 0.15) is 18.2 Å². The minimum atomic E-state index is -3.54. The lowest BCUT2D eigenvalue weighted by Gasteiger charge is -2.25. The third-order valence-corrected chi connectivity index (χ3v) is 6.10. The third kappa shape index (κ3) is 2.75. The number of aliphatic hydroxyl groups is 1. The summed E-state index contributed by atoms with van der Waals surface area (Å²) >= 11 is 1.21. The van der Waals surface area contributed by atoms with Crippen molar-refractivity contribution in [3.63, 3.8) is 0 Å². The second kappa shape index (κ2) is 4.90. The van der Waals surface area contributed by atoms with E-state index in [1.165, 1.54) is 11.3 Å². The molecular formula is C11H17NO4S2. The van der Waals surface area contributed by atoms with Gasteiger partial charge in [-0.25, -0.2) is 13.1 Å². The van der Waals surface area contributed by atoms with Crippen molar-refractivity contribution < 1.29 is 18.3 Å². The topological polar surface area (TPSA) is 75.6 Å². The number of hydrogen-bond acceptors (Lipinski definition) is 5. The predicted octanol–water partition coefficient (Wildman–Crippen LogP) is 0.875. The Bertz CT molecular complexity index is 525. The summed E-state index contributed by atoms with van der Waals surface area (Å²) in [7, 11) is -3.54. The molecule has 0 aromatic carbocycles. The Morgan fingerprint density at radius 3 is 2.83 bits per heavy atom. The van der Waals surface area contributed by atoms with Gasteiger partial charge in [-0.15, -0.1) is 11.3 Å². The van der Waals surface area contributed by atoms with Crippen LogP contribution in [-0.4, -0.2) is 38.4 Å². The van der Waals surface area contributed by atoms with Crippen molar-refractivity contribution in [2.24, 2.45) is 0 Å². The standard InChI is InChI=1S/C11H17NO4S2/c1-8-3-4-10(17-8)18(14,15)12-7-11(13)5-6-16-9(11)2/h3-4,9,12-13H,5-7H2,1-2H3. The Labute approximate surface area is 111 Å². The molecule has 18 heavy (non-hydrogen) atoms. The van der Waals surface area contributed by atoms with Crippen molar-refractivity contribution in [2.75, 3.05) is 13.2 Å². The van der Waals surface area contributed by atoms with Gasteiger partial charge in [0.2, 0.25) is 10.0 Å². The summed E-state index contributed by atoms with van der Waals surface area (Å²) in [5.74, 6) is 0. The molecule has 0 spiro atoms. The van der Waals surface area contributed by atoms with Crippen LogP contribution in [0.15, 0.2) is 16.3 Å². The second-order valence-corrected chi connectivity index (χ2v) is 7.84. The smallest absolute Gasteiger partial charge is 0.250 e. The molecule has 0 bridgehead atoms. The van der Waals surface area contributed by atoms with E-state index in [-0.39, 0.29) is 16.9 Å². The van der Waals surface area contributed by atoms with Crippen molar-refractivity contribution in [1.82, 2.24) is 4.72 Å². The molecule has 0 saturated carbocycles. The maximum atomic E-state index is 12.0. The number of hydrogen-bond donors (Lipinski definition) is 2. The van der Waals surface area contributed by atoms with Crippen molar-refractivity contribution in [3.8, 4) is 0 Å². The van der Waals surface area contributed by atoms with Crippen LogP contribution in [0, 0.1) is 6.92 Å². The molecule has 1 saturated heterocycles. The van der Waals surface area contributed by atoms with Crippen LogP contribution in [0.3, 0.4) is 0 Å². The molecule has 2 rings (SSSR count). The van der Waals surface area contributed by atoms with Gasteiger partial charge in [0.1, 0.15) is 9.81 Å². The molecular weight excluding hydrogens is 274 g/mol. The molecule has 2 heterocycles. The van der Waals surface area contributed by atoms with Crippen molar-refractivity contribution in [3.05, 3.63) is 17.0 Å². The summed E-state index contributed by atoms with van der Waals surface area (Å²) < 4.78 is 32.0. The van der Waals surface area contributed by atoms with E-state index in [1.54, 1.807) is 19.1 Å². The largest absolute Gasteiger partial charge is 0.386 e. The zero-order chi connectivity index (χ0) is 13.4. The maximum Gasteiger partial charge on any atom is 0.250 e. The van der Waals surface area contributed by atoms with Crippen molar-refractivity contribution in [2.45, 2.75) is 36.2 Å². The summed E-state index contributed by atoms with van der Waals surface area (Å²) in [6.07, 6.45) is 0.0884. The second-order valence-electron chi connectivity index (χ2n) is 4.56. The van der Waals surface area contributed by atoms with Gasteiger partial charge in [0.15, 0.2) is 0 Å². The number of thiophene rings is 1. The van der Waals surface area contributed by atoms with Crippen LogP contribution in [0.4, 0.5) is 0 Å². The molecule has 1 fully saturated rings. The van der Waals surface area contributed by atoms with E-state index in [2.05, 4.69) is 4.72 Å². The first-order chi connectivity index (χ1) is 8.33. The van der Waals surface area contributed by atoms with E-state index in [4.69, 9.17) is 4.74 Å². The molecule has 7 heteroatoms. The molecule has 1 aliphatic heterocycles. The van der Waals surface area contributed by atoms with Crippen LogP contribution in [0.2, 0.25) is 0 Å². The van der Waals surface area contributed by atoms with Gasteiger partial charge in [-0.3, -0.25) is 0 Å². The van der Waals surface area contributed by atoms with E-state index in [0.717, 1.165) is 4.88 Å². The number of aryl methyl sites for hydroxylation is 1. The first-order valence-electron chi connectivity index (χ1n) is 5.74. The molecule has 1 aromatic rings. The zero-order valence-corrected chi connectivity index (χ0v) is 12.0. The first-order valence-corrected chi connectivity index (χ1v) is 8.03. The minimum Gasteiger partial charge on any atom is -0.386 e. The molecule has 1 aromatic heterocycles. The van der Waals surface area contributed by atoms with E-state index in [0.29, 0.717) is 13.0 Å². The van der Waals surface area contributed by atoms with Gasteiger partial charge >= 0.3 is 0 Å². The summed E-state index contributed by atoms with van der Waals surface area (Å²) in [6, 6.07) is 3.33. The van der Waals surface area contributed by atoms with Gasteiger partial charge in [0, 0.05) is 24.4 Å². The monoisotopic (exact) mass is 291 g/mol. The van der Waals surface area contributed by atoms with Gasteiger partial charge in [-0.2, -0.15) is 0 Å². The Morgan fingerprint density at radius 1 is 1.61 bits per heavy atom. The highest BCUT2D eigenvalue weighted by Gasteiger charge is 2.40. The fourth-order valence-electron chi connectivity index (χ4n) is 1.85. The average molecular weight is 291 g/mol. The number of nitrogens with one attached hydrogen (secondary N) is 1. The van der Waals surface area contributed by atoms with Gasteiger partial charge in [0.25, 0.3) is 0 Å². The normalized spacial score (nSPS) is 28.7. The third-order valence-electron chi connectivity index (χ3n) is 3.21. The fourth-order valence-corrected chi connectivity index (χ4v) is 4.28. The first kappa shape index (κ1) is 14.0.